The number of aromatic nitrogens is 1. The van der Waals surface area contributed by atoms with Gasteiger partial charge < -0.3 is 5.11 Å². The van der Waals surface area contributed by atoms with Crippen LogP contribution in [0.15, 0.2) is 23.4 Å². The molecule has 0 saturated heterocycles. The lowest BCUT2D eigenvalue weighted by atomic mass is 10.0. The average molecular weight is 290 g/mol. The standard InChI is InChI=1S/C11H15FN2O4S/c1-3-7(2)9(11(15)16)14-19(17,18)10-8(12)5-4-6-13-10/h4-7,9,14H,3H2,1-2H3,(H,15,16)/t7?,9-/m0/s1. The third kappa shape index (κ3) is 3.71. The summed E-state index contributed by atoms with van der Waals surface area (Å²) in [6.07, 6.45) is 1.58. The summed E-state index contributed by atoms with van der Waals surface area (Å²) < 4.78 is 39.2. The molecule has 1 unspecified atom stereocenters. The van der Waals surface area contributed by atoms with Gasteiger partial charge in [-0.05, 0) is 18.1 Å². The van der Waals surface area contributed by atoms with Crippen LogP contribution in [0.25, 0.3) is 0 Å². The van der Waals surface area contributed by atoms with Gasteiger partial charge in [-0.3, -0.25) is 4.79 Å². The van der Waals surface area contributed by atoms with Gasteiger partial charge in [-0.2, -0.15) is 4.72 Å². The summed E-state index contributed by atoms with van der Waals surface area (Å²) in [5.41, 5.74) is 0. The SMILES string of the molecule is CCC(C)[C@H](NS(=O)(=O)c1ncccc1F)C(=O)O. The van der Waals surface area contributed by atoms with E-state index < -0.39 is 38.8 Å². The van der Waals surface area contributed by atoms with E-state index in [2.05, 4.69) is 4.98 Å². The number of carbonyl (C=O) groups is 1. The number of hydrogen-bond donors (Lipinski definition) is 2. The molecule has 8 heteroatoms. The second kappa shape index (κ2) is 6.07. The number of carboxylic acids is 1. The van der Waals surface area contributed by atoms with Gasteiger partial charge >= 0.3 is 5.97 Å². The molecule has 2 atom stereocenters. The van der Waals surface area contributed by atoms with Crippen molar-refractivity contribution in [2.45, 2.75) is 31.3 Å². The third-order valence-corrected chi connectivity index (χ3v) is 4.11. The Hall–Kier alpha value is -1.54. The maximum absolute atomic E-state index is 13.4. The summed E-state index contributed by atoms with van der Waals surface area (Å²) in [6, 6.07) is 0.870. The molecular weight excluding hydrogens is 275 g/mol. The fraction of sp³-hybridized carbons (Fsp3) is 0.455. The van der Waals surface area contributed by atoms with E-state index in [0.717, 1.165) is 12.3 Å². The summed E-state index contributed by atoms with van der Waals surface area (Å²) >= 11 is 0. The monoisotopic (exact) mass is 290 g/mol. The molecule has 0 aromatic carbocycles. The molecule has 1 aromatic heterocycles. The predicted molar refractivity (Wildman–Crippen MR) is 65.4 cm³/mol. The zero-order valence-corrected chi connectivity index (χ0v) is 11.3. The molecule has 1 rings (SSSR count). The summed E-state index contributed by atoms with van der Waals surface area (Å²) in [5.74, 6) is -2.77. The first kappa shape index (κ1) is 15.5. The van der Waals surface area contributed by atoms with E-state index in [9.17, 15) is 17.6 Å². The first-order valence-electron chi connectivity index (χ1n) is 5.65. The van der Waals surface area contributed by atoms with Crippen LogP contribution in [0.3, 0.4) is 0 Å². The van der Waals surface area contributed by atoms with E-state index in [4.69, 9.17) is 5.11 Å². The van der Waals surface area contributed by atoms with E-state index in [1.807, 2.05) is 4.72 Å². The zero-order chi connectivity index (χ0) is 14.6. The van der Waals surface area contributed by atoms with Crippen LogP contribution in [0.4, 0.5) is 4.39 Å². The zero-order valence-electron chi connectivity index (χ0n) is 10.5. The number of nitrogens with one attached hydrogen (secondary N) is 1. The fourth-order valence-corrected chi connectivity index (χ4v) is 2.74. The highest BCUT2D eigenvalue weighted by Crippen LogP contribution is 2.14. The molecule has 0 aliphatic carbocycles. The lowest BCUT2D eigenvalue weighted by Crippen LogP contribution is -2.45. The van der Waals surface area contributed by atoms with Gasteiger partial charge in [0.1, 0.15) is 6.04 Å². The molecule has 106 valence electrons. The normalized spacial score (nSPS) is 14.9. The van der Waals surface area contributed by atoms with E-state index >= 15 is 0 Å². The van der Waals surface area contributed by atoms with Crippen molar-refractivity contribution in [2.75, 3.05) is 0 Å². The second-order valence-electron chi connectivity index (χ2n) is 4.11. The number of carboxylic acid groups (broad SMARTS) is 1. The number of sulfonamides is 1. The van der Waals surface area contributed by atoms with Gasteiger partial charge in [0.05, 0.1) is 0 Å². The maximum atomic E-state index is 13.4. The van der Waals surface area contributed by atoms with E-state index in [0.29, 0.717) is 6.42 Å². The molecule has 6 nitrogen and oxygen atoms in total. The molecule has 0 aliphatic heterocycles. The molecule has 0 bridgehead atoms. The molecule has 0 saturated carbocycles. The van der Waals surface area contributed by atoms with Crippen molar-refractivity contribution in [2.24, 2.45) is 5.92 Å². The van der Waals surface area contributed by atoms with Gasteiger partial charge in [-0.1, -0.05) is 20.3 Å². The van der Waals surface area contributed by atoms with Gasteiger partial charge in [0, 0.05) is 6.20 Å². The minimum Gasteiger partial charge on any atom is -0.480 e. The van der Waals surface area contributed by atoms with Crippen LogP contribution >= 0.6 is 0 Å². The molecule has 2 N–H and O–H groups in total. The molecule has 0 aliphatic rings. The van der Waals surface area contributed by atoms with Crippen LogP contribution in [0.1, 0.15) is 20.3 Å². The number of aliphatic carboxylic acids is 1. The first-order valence-corrected chi connectivity index (χ1v) is 7.13. The number of pyridine rings is 1. The third-order valence-electron chi connectivity index (χ3n) is 2.74. The Labute approximate surface area is 110 Å². The highest BCUT2D eigenvalue weighted by atomic mass is 32.2. The van der Waals surface area contributed by atoms with Gasteiger partial charge in [0.2, 0.25) is 5.03 Å². The van der Waals surface area contributed by atoms with E-state index in [1.165, 1.54) is 6.07 Å². The predicted octanol–water partition coefficient (Wildman–Crippen LogP) is 0.998. The van der Waals surface area contributed by atoms with Crippen molar-refractivity contribution < 1.29 is 22.7 Å². The molecule has 0 radical (unpaired) electrons. The largest absolute Gasteiger partial charge is 0.480 e. The summed E-state index contributed by atoms with van der Waals surface area (Å²) in [6.45, 7) is 3.33. The first-order chi connectivity index (χ1) is 8.79. The topological polar surface area (TPSA) is 96.4 Å². The molecule has 1 heterocycles. The Balaban J connectivity index is 3.08. The lowest BCUT2D eigenvalue weighted by Gasteiger charge is -2.19. The summed E-state index contributed by atoms with van der Waals surface area (Å²) in [4.78, 5) is 14.5. The van der Waals surface area contributed by atoms with E-state index in [1.54, 1.807) is 13.8 Å². The van der Waals surface area contributed by atoms with Crippen molar-refractivity contribution >= 4 is 16.0 Å². The smallest absolute Gasteiger partial charge is 0.322 e. The number of hydrogen-bond acceptors (Lipinski definition) is 4. The second-order valence-corrected chi connectivity index (χ2v) is 5.74. The molecule has 0 fully saturated rings. The molecular formula is C11H15FN2O4S. The maximum Gasteiger partial charge on any atom is 0.322 e. The van der Waals surface area contributed by atoms with Crippen molar-refractivity contribution in [3.05, 3.63) is 24.1 Å². The highest BCUT2D eigenvalue weighted by Gasteiger charge is 2.31. The van der Waals surface area contributed by atoms with Gasteiger partial charge in [-0.15, -0.1) is 0 Å². The van der Waals surface area contributed by atoms with Crippen molar-refractivity contribution in [3.8, 4) is 0 Å². The molecule has 0 amide bonds. The molecule has 0 spiro atoms. The van der Waals surface area contributed by atoms with Crippen LogP contribution in [0, 0.1) is 11.7 Å². The van der Waals surface area contributed by atoms with E-state index in [-0.39, 0.29) is 0 Å². The average Bonchev–Trinajstić information content (AvgIpc) is 2.35. The van der Waals surface area contributed by atoms with Crippen LogP contribution < -0.4 is 4.72 Å². The highest BCUT2D eigenvalue weighted by molar-refractivity contribution is 7.89. The Kier molecular flexibility index (Phi) is 4.96. The number of halogens is 1. The van der Waals surface area contributed by atoms with Crippen molar-refractivity contribution in [1.29, 1.82) is 0 Å². The van der Waals surface area contributed by atoms with Crippen molar-refractivity contribution in [3.63, 3.8) is 0 Å². The van der Waals surface area contributed by atoms with Gasteiger partial charge in [0.15, 0.2) is 5.82 Å². The van der Waals surface area contributed by atoms with Crippen LogP contribution in [-0.4, -0.2) is 30.5 Å². The minimum absolute atomic E-state index is 0.431. The fourth-order valence-electron chi connectivity index (χ4n) is 1.44. The van der Waals surface area contributed by atoms with Gasteiger partial charge in [-0.25, -0.2) is 17.8 Å². The van der Waals surface area contributed by atoms with Crippen LogP contribution in [0.2, 0.25) is 0 Å². The Bertz CT molecular complexity index is 562. The Morgan fingerprint density at radius 2 is 2.21 bits per heavy atom. The Morgan fingerprint density at radius 1 is 1.58 bits per heavy atom. The van der Waals surface area contributed by atoms with Crippen LogP contribution in [0.5, 0.6) is 0 Å². The van der Waals surface area contributed by atoms with Crippen molar-refractivity contribution in [1.82, 2.24) is 9.71 Å². The molecule has 1 aromatic rings. The quantitative estimate of drug-likeness (QED) is 0.814. The van der Waals surface area contributed by atoms with Crippen LogP contribution in [-0.2, 0) is 14.8 Å². The summed E-state index contributed by atoms with van der Waals surface area (Å²) in [7, 11) is -4.31. The molecule has 19 heavy (non-hydrogen) atoms. The summed E-state index contributed by atoms with van der Waals surface area (Å²) in [5, 5.41) is 8.21. The minimum atomic E-state index is -4.31. The Morgan fingerprint density at radius 3 is 2.68 bits per heavy atom. The van der Waals surface area contributed by atoms with Gasteiger partial charge in [0.25, 0.3) is 10.0 Å². The lowest BCUT2D eigenvalue weighted by molar-refractivity contribution is -0.140. The number of nitrogens with zero attached hydrogens (tertiary/aromatic N) is 1. The number of rotatable bonds is 6.